The van der Waals surface area contributed by atoms with Crippen LogP contribution >= 0.6 is 0 Å². The zero-order chi connectivity index (χ0) is 21.9. The Labute approximate surface area is 179 Å². The van der Waals surface area contributed by atoms with Crippen molar-refractivity contribution in [3.8, 4) is 0 Å². The lowest BCUT2D eigenvalue weighted by Gasteiger charge is -2.40. The number of carbonyl (C=O) groups is 1. The Morgan fingerprint density at radius 3 is 2.20 bits per heavy atom. The van der Waals surface area contributed by atoms with E-state index in [0.29, 0.717) is 26.2 Å². The van der Waals surface area contributed by atoms with E-state index in [1.807, 2.05) is 49.1 Å². The third kappa shape index (κ3) is 4.87. The molecule has 1 aromatic rings. The van der Waals surface area contributed by atoms with Crippen LogP contribution in [0.5, 0.6) is 0 Å². The molecule has 10 heteroatoms. The number of benzene rings is 1. The first-order chi connectivity index (χ1) is 14.2. The van der Waals surface area contributed by atoms with Gasteiger partial charge in [0, 0.05) is 39.3 Å². The molecule has 0 bridgehead atoms. The molecule has 0 spiro atoms. The summed E-state index contributed by atoms with van der Waals surface area (Å²) < 4.78 is 50.7. The van der Waals surface area contributed by atoms with Gasteiger partial charge in [-0.05, 0) is 25.8 Å². The number of hydrogen-bond acceptors (Lipinski definition) is 6. The van der Waals surface area contributed by atoms with Crippen LogP contribution in [0.25, 0.3) is 0 Å². The normalized spacial score (nSPS) is 23.9. The molecule has 2 saturated heterocycles. The van der Waals surface area contributed by atoms with Gasteiger partial charge < -0.3 is 4.90 Å². The summed E-state index contributed by atoms with van der Waals surface area (Å²) in [5.74, 6) is -0.335. The zero-order valence-electron chi connectivity index (χ0n) is 17.6. The second-order valence-electron chi connectivity index (χ2n) is 7.83. The Morgan fingerprint density at radius 2 is 1.70 bits per heavy atom. The molecule has 2 atom stereocenters. The molecule has 2 heterocycles. The van der Waals surface area contributed by atoms with Gasteiger partial charge in [-0.3, -0.25) is 9.69 Å². The zero-order valence-corrected chi connectivity index (χ0v) is 19.2. The minimum atomic E-state index is -3.66. The van der Waals surface area contributed by atoms with Gasteiger partial charge in [-0.2, -0.15) is 4.31 Å². The highest BCUT2D eigenvalue weighted by atomic mass is 32.2. The molecule has 1 aromatic carbocycles. The standard InChI is InChI=1S/C20H31N3O5S2/c1-3-21(4-2)20(24)19(17-8-6-5-7-9-17)22-11-13-23(14-12-22)30(27,28)18-10-15-29(25,26)16-18/h5-9,18-19H,3-4,10-16H2,1-2H3. The summed E-state index contributed by atoms with van der Waals surface area (Å²) in [6.07, 6.45) is 0.165. The lowest BCUT2D eigenvalue weighted by atomic mass is 10.0. The van der Waals surface area contributed by atoms with Crippen LogP contribution in [0.15, 0.2) is 30.3 Å². The highest BCUT2D eigenvalue weighted by molar-refractivity contribution is 7.95. The van der Waals surface area contributed by atoms with Crippen molar-refractivity contribution >= 4 is 25.8 Å². The van der Waals surface area contributed by atoms with Gasteiger partial charge in [0.05, 0.1) is 16.8 Å². The summed E-state index contributed by atoms with van der Waals surface area (Å²) in [5, 5.41) is -0.851. The number of piperazine rings is 1. The highest BCUT2D eigenvalue weighted by Gasteiger charge is 2.42. The summed E-state index contributed by atoms with van der Waals surface area (Å²) in [6.45, 7) is 6.48. The maximum Gasteiger partial charge on any atom is 0.244 e. The van der Waals surface area contributed by atoms with E-state index in [4.69, 9.17) is 0 Å². The predicted octanol–water partition coefficient (Wildman–Crippen LogP) is 0.731. The van der Waals surface area contributed by atoms with E-state index in [0.717, 1.165) is 5.56 Å². The smallest absolute Gasteiger partial charge is 0.244 e. The molecule has 0 radical (unpaired) electrons. The molecular formula is C20H31N3O5S2. The topological polar surface area (TPSA) is 95.1 Å². The van der Waals surface area contributed by atoms with E-state index in [9.17, 15) is 21.6 Å². The number of nitrogens with zero attached hydrogens (tertiary/aromatic N) is 3. The minimum absolute atomic E-state index is 0.0180. The SMILES string of the molecule is CCN(CC)C(=O)C(c1ccccc1)N1CCN(S(=O)(=O)C2CCS(=O)(=O)C2)CC1. The van der Waals surface area contributed by atoms with Crippen molar-refractivity contribution in [2.24, 2.45) is 0 Å². The Bertz CT molecular complexity index is 938. The van der Waals surface area contributed by atoms with Gasteiger partial charge in [-0.15, -0.1) is 0 Å². The first-order valence-electron chi connectivity index (χ1n) is 10.5. The van der Waals surface area contributed by atoms with Crippen molar-refractivity contribution in [1.82, 2.24) is 14.1 Å². The first kappa shape index (κ1) is 23.2. The van der Waals surface area contributed by atoms with Crippen molar-refractivity contribution in [1.29, 1.82) is 0 Å². The molecule has 2 unspecified atom stereocenters. The van der Waals surface area contributed by atoms with Gasteiger partial charge in [-0.25, -0.2) is 16.8 Å². The highest BCUT2D eigenvalue weighted by Crippen LogP contribution is 2.27. The van der Waals surface area contributed by atoms with Crippen LogP contribution in [-0.4, -0.2) is 92.9 Å². The lowest BCUT2D eigenvalue weighted by molar-refractivity contribution is -0.137. The fraction of sp³-hybridized carbons (Fsp3) is 0.650. The number of carbonyl (C=O) groups excluding carboxylic acids is 1. The molecule has 1 amide bonds. The summed E-state index contributed by atoms with van der Waals surface area (Å²) >= 11 is 0. The quantitative estimate of drug-likeness (QED) is 0.599. The molecular weight excluding hydrogens is 426 g/mol. The Morgan fingerprint density at radius 1 is 1.10 bits per heavy atom. The molecule has 0 aliphatic carbocycles. The number of sulfone groups is 1. The third-order valence-corrected chi connectivity index (χ3v) is 10.3. The maximum atomic E-state index is 13.3. The molecule has 2 aliphatic rings. The van der Waals surface area contributed by atoms with Gasteiger partial charge in [0.2, 0.25) is 15.9 Å². The lowest BCUT2D eigenvalue weighted by Crippen LogP contribution is -2.54. The molecule has 0 N–H and O–H groups in total. The van der Waals surface area contributed by atoms with Gasteiger partial charge in [-0.1, -0.05) is 30.3 Å². The maximum absolute atomic E-state index is 13.3. The largest absolute Gasteiger partial charge is 0.342 e. The fourth-order valence-electron chi connectivity index (χ4n) is 4.28. The van der Waals surface area contributed by atoms with Crippen molar-refractivity contribution in [3.05, 3.63) is 35.9 Å². The number of amides is 1. The molecule has 168 valence electrons. The second-order valence-corrected chi connectivity index (χ2v) is 12.3. The van der Waals surface area contributed by atoms with Crippen molar-refractivity contribution in [2.75, 3.05) is 50.8 Å². The van der Waals surface area contributed by atoms with Crippen LogP contribution in [0.3, 0.4) is 0 Å². The van der Waals surface area contributed by atoms with E-state index >= 15 is 0 Å². The molecule has 0 saturated carbocycles. The summed E-state index contributed by atoms with van der Waals surface area (Å²) in [6, 6.07) is 9.11. The fourth-order valence-corrected chi connectivity index (χ4v) is 8.79. The molecule has 2 fully saturated rings. The van der Waals surface area contributed by atoms with Gasteiger partial charge in [0.1, 0.15) is 6.04 Å². The van der Waals surface area contributed by atoms with Crippen LogP contribution < -0.4 is 0 Å². The Hall–Kier alpha value is -1.49. The van der Waals surface area contributed by atoms with E-state index in [1.54, 1.807) is 4.90 Å². The number of hydrogen-bond donors (Lipinski definition) is 0. The monoisotopic (exact) mass is 457 g/mol. The Balaban J connectivity index is 1.75. The average Bonchev–Trinajstić information content (AvgIpc) is 3.11. The summed E-state index contributed by atoms with van der Waals surface area (Å²) in [5.41, 5.74) is 0.896. The van der Waals surface area contributed by atoms with E-state index in [-0.39, 0.29) is 36.9 Å². The summed E-state index contributed by atoms with van der Waals surface area (Å²) in [7, 11) is -6.93. The van der Waals surface area contributed by atoms with Crippen LogP contribution in [0, 0.1) is 0 Å². The van der Waals surface area contributed by atoms with E-state index < -0.39 is 31.2 Å². The molecule has 2 aliphatic heterocycles. The van der Waals surface area contributed by atoms with Crippen LogP contribution in [-0.2, 0) is 24.7 Å². The van der Waals surface area contributed by atoms with Gasteiger partial charge in [0.25, 0.3) is 0 Å². The molecule has 0 aromatic heterocycles. The van der Waals surface area contributed by atoms with Crippen LogP contribution in [0.2, 0.25) is 0 Å². The number of rotatable bonds is 7. The van der Waals surface area contributed by atoms with Gasteiger partial charge in [0.15, 0.2) is 9.84 Å². The first-order valence-corrected chi connectivity index (χ1v) is 13.8. The molecule has 30 heavy (non-hydrogen) atoms. The van der Waals surface area contributed by atoms with Crippen LogP contribution in [0.1, 0.15) is 31.9 Å². The van der Waals surface area contributed by atoms with E-state index in [1.165, 1.54) is 4.31 Å². The number of sulfonamides is 1. The van der Waals surface area contributed by atoms with Crippen molar-refractivity contribution in [2.45, 2.75) is 31.6 Å². The van der Waals surface area contributed by atoms with Gasteiger partial charge >= 0.3 is 0 Å². The van der Waals surface area contributed by atoms with Crippen molar-refractivity contribution < 1.29 is 21.6 Å². The Kier molecular flexibility index (Phi) is 7.21. The third-order valence-electron chi connectivity index (χ3n) is 6.03. The average molecular weight is 458 g/mol. The van der Waals surface area contributed by atoms with Crippen molar-refractivity contribution in [3.63, 3.8) is 0 Å². The second kappa shape index (κ2) is 9.33. The number of likely N-dealkylation sites (N-methyl/N-ethyl adjacent to an activating group) is 1. The van der Waals surface area contributed by atoms with E-state index in [2.05, 4.69) is 0 Å². The predicted molar refractivity (Wildman–Crippen MR) is 116 cm³/mol. The minimum Gasteiger partial charge on any atom is -0.342 e. The van der Waals surface area contributed by atoms with Crippen LogP contribution in [0.4, 0.5) is 0 Å². The summed E-state index contributed by atoms with van der Waals surface area (Å²) in [4.78, 5) is 17.1. The molecule has 8 nitrogen and oxygen atoms in total. The molecule has 3 rings (SSSR count).